The van der Waals surface area contributed by atoms with Crippen molar-refractivity contribution in [2.75, 3.05) is 32.8 Å². The van der Waals surface area contributed by atoms with Gasteiger partial charge in [0.25, 0.3) is 0 Å². The first-order valence-electron chi connectivity index (χ1n) is 15.6. The Bertz CT molecular complexity index is 1440. The predicted molar refractivity (Wildman–Crippen MR) is 175 cm³/mol. The molecular formula is C30H48N9O11+. The molecule has 0 saturated carbocycles. The average Bonchev–Trinajstić information content (AvgIpc) is 3.16. The first-order chi connectivity index (χ1) is 23.3. The molecule has 0 aromatic heterocycles. The lowest BCUT2D eigenvalue weighted by atomic mass is 9.84. The van der Waals surface area contributed by atoms with Crippen LogP contribution in [0.4, 0.5) is 0 Å². The number of aliphatic imine (C=N–C) groups is 1. The van der Waals surface area contributed by atoms with E-state index >= 15 is 0 Å². The fraction of sp³-hybridized carbons (Fsp3) is 0.567. The van der Waals surface area contributed by atoms with E-state index in [9.17, 15) is 49.7 Å². The van der Waals surface area contributed by atoms with Gasteiger partial charge in [0.15, 0.2) is 17.0 Å². The Morgan fingerprint density at radius 1 is 0.960 bits per heavy atom. The molecule has 1 unspecified atom stereocenters. The number of hydrogen-bond donors (Lipinski definition) is 11. The van der Waals surface area contributed by atoms with E-state index in [1.807, 2.05) is 0 Å². The van der Waals surface area contributed by atoms with Gasteiger partial charge in [0.2, 0.25) is 17.7 Å². The molecule has 3 atom stereocenters. The summed E-state index contributed by atoms with van der Waals surface area (Å²) in [6.07, 6.45) is -0.332. The van der Waals surface area contributed by atoms with Crippen LogP contribution in [-0.2, 0) is 24.0 Å². The summed E-state index contributed by atoms with van der Waals surface area (Å²) in [5.74, 6) is -4.93. The molecule has 3 amide bonds. The van der Waals surface area contributed by atoms with Gasteiger partial charge in [-0.2, -0.15) is 0 Å². The van der Waals surface area contributed by atoms with Crippen LogP contribution in [0.2, 0.25) is 0 Å². The fourth-order valence-electron chi connectivity index (χ4n) is 4.64. The number of guanidine groups is 1. The Morgan fingerprint density at radius 2 is 1.58 bits per heavy atom. The maximum absolute atomic E-state index is 12.8. The zero-order valence-electron chi connectivity index (χ0n) is 28.4. The number of carboxylic acids is 2. The molecule has 1 aliphatic rings. The van der Waals surface area contributed by atoms with Crippen molar-refractivity contribution in [1.29, 1.82) is 0 Å². The number of carbonyl (C=O) groups is 5. The van der Waals surface area contributed by atoms with Gasteiger partial charge in [-0.15, -0.1) is 5.06 Å². The van der Waals surface area contributed by atoms with Gasteiger partial charge in [-0.1, -0.05) is 4.74 Å². The van der Waals surface area contributed by atoms with Crippen molar-refractivity contribution >= 4 is 41.5 Å². The summed E-state index contributed by atoms with van der Waals surface area (Å²) in [7, 11) is 0. The van der Waals surface area contributed by atoms with Crippen molar-refractivity contribution < 1.29 is 59.2 Å². The van der Waals surface area contributed by atoms with Crippen LogP contribution in [0.15, 0.2) is 29.3 Å². The summed E-state index contributed by atoms with van der Waals surface area (Å²) < 4.78 is 6.66. The molecule has 278 valence electrons. The molecule has 1 aromatic rings. The van der Waals surface area contributed by atoms with Gasteiger partial charge in [-0.25, -0.2) is 14.8 Å². The highest BCUT2D eigenvalue weighted by atomic mass is 16.5. The number of rotatable bonds is 20. The Labute approximate surface area is 288 Å². The maximum atomic E-state index is 12.8. The first-order valence-corrected chi connectivity index (χ1v) is 15.6. The third-order valence-corrected chi connectivity index (χ3v) is 8.35. The van der Waals surface area contributed by atoms with Crippen LogP contribution in [0.1, 0.15) is 52.5 Å². The number of hydrogen-bond acceptors (Lipinski definition) is 12. The third-order valence-electron chi connectivity index (χ3n) is 8.35. The number of hydroxylamine groups is 3. The van der Waals surface area contributed by atoms with Crippen LogP contribution in [0.3, 0.4) is 0 Å². The van der Waals surface area contributed by atoms with Crippen LogP contribution < -0.4 is 37.5 Å². The Hall–Kier alpha value is -5.21. The summed E-state index contributed by atoms with van der Waals surface area (Å²) in [6, 6.07) is 2.06. The average molecular weight is 711 g/mol. The molecule has 0 bridgehead atoms. The number of amidine groups is 1. The van der Waals surface area contributed by atoms with Crippen molar-refractivity contribution in [3.8, 4) is 5.75 Å². The number of aliphatic carboxylic acids is 2. The molecule has 1 heterocycles. The predicted octanol–water partition coefficient (Wildman–Crippen LogP) is -2.88. The molecule has 1 aromatic carbocycles. The van der Waals surface area contributed by atoms with E-state index in [4.69, 9.17) is 16.2 Å². The number of ether oxygens (including phenoxy) is 1. The summed E-state index contributed by atoms with van der Waals surface area (Å²) in [4.78, 5) is 64.7. The second-order valence-corrected chi connectivity index (χ2v) is 12.4. The molecule has 0 radical (unpaired) electrons. The van der Waals surface area contributed by atoms with Crippen molar-refractivity contribution in [2.24, 2.45) is 16.5 Å². The number of benzene rings is 1. The van der Waals surface area contributed by atoms with Crippen molar-refractivity contribution in [2.45, 2.75) is 76.2 Å². The summed E-state index contributed by atoms with van der Waals surface area (Å²) in [6.45, 7) is 5.72. The Morgan fingerprint density at radius 3 is 2.10 bits per heavy atom. The standard InChI is InChI=1S/C30H47N9O11/c1-29(2)30(3,4)39(49)25(38(29)48)17-7-9-18(10-8-17)50-13-12-33-22(41)14-20(24(43)37-21(16-40)27(46)47)35-15-23(42)36-19(26(44)45)6-5-11-34-28(31)32/h7-10,19-21,35,40H,5-6,11-16H2,1-4H3,(H10-,31,32,33,34,36,37,41,42,43,44,45,46,47,48,49)/p+1/t19-,20?,21-/m0/s1. The Balaban J connectivity index is 1.97. The minimum atomic E-state index is -1.68. The summed E-state index contributed by atoms with van der Waals surface area (Å²) in [5, 5.41) is 59.8. The molecule has 50 heavy (non-hydrogen) atoms. The van der Waals surface area contributed by atoms with E-state index in [1.165, 1.54) is 0 Å². The number of aliphatic hydroxyl groups is 1. The number of nitrogens with one attached hydrogen (secondary N) is 4. The van der Waals surface area contributed by atoms with Gasteiger partial charge < -0.3 is 52.7 Å². The SMILES string of the molecule is CC1(C)N(O)C(c2ccc(OCCNC(=O)CC(NCC(=O)N[C@@H](CCCN=C(N)N)C(=O)O)C(=O)N[C@@H](CO)C(=O)O)cc2)=[N+](O)C1(C)C. The van der Waals surface area contributed by atoms with E-state index in [-0.39, 0.29) is 44.3 Å². The monoisotopic (exact) mass is 710 g/mol. The van der Waals surface area contributed by atoms with Gasteiger partial charge in [0, 0.05) is 6.54 Å². The molecule has 13 N–H and O–H groups in total. The lowest BCUT2D eigenvalue weighted by Gasteiger charge is -2.29. The number of carbonyl (C=O) groups excluding carboxylic acids is 3. The molecule has 0 fully saturated rings. The molecule has 2 rings (SSSR count). The largest absolute Gasteiger partial charge is 0.492 e. The van der Waals surface area contributed by atoms with Crippen molar-refractivity contribution in [3.05, 3.63) is 29.8 Å². The van der Waals surface area contributed by atoms with E-state index in [0.29, 0.717) is 11.3 Å². The van der Waals surface area contributed by atoms with E-state index in [0.717, 1.165) is 9.80 Å². The molecule has 20 heteroatoms. The zero-order valence-corrected chi connectivity index (χ0v) is 28.4. The topological polar surface area (TPSA) is 314 Å². The highest BCUT2D eigenvalue weighted by Gasteiger charge is 2.62. The lowest BCUT2D eigenvalue weighted by molar-refractivity contribution is -0.820. The minimum Gasteiger partial charge on any atom is -0.492 e. The Kier molecular flexibility index (Phi) is 14.7. The molecule has 0 spiro atoms. The van der Waals surface area contributed by atoms with E-state index in [2.05, 4.69) is 26.3 Å². The van der Waals surface area contributed by atoms with Gasteiger partial charge in [-0.3, -0.25) is 24.7 Å². The quantitative estimate of drug-likeness (QED) is 0.0213. The molecule has 1 aliphatic heterocycles. The highest BCUT2D eigenvalue weighted by Crippen LogP contribution is 2.36. The number of carboxylic acid groups (broad SMARTS) is 2. The van der Waals surface area contributed by atoms with Gasteiger partial charge in [0.05, 0.1) is 37.7 Å². The van der Waals surface area contributed by atoms with Crippen LogP contribution in [-0.4, -0.2) is 139 Å². The first kappa shape index (κ1) is 41.0. The maximum Gasteiger partial charge on any atom is 0.349 e. The lowest BCUT2D eigenvalue weighted by Crippen LogP contribution is -2.55. The molecule has 0 saturated heterocycles. The summed E-state index contributed by atoms with van der Waals surface area (Å²) >= 11 is 0. The molecular weight excluding hydrogens is 662 g/mol. The number of nitrogens with two attached hydrogens (primary N) is 2. The fourth-order valence-corrected chi connectivity index (χ4v) is 4.64. The zero-order chi connectivity index (χ0) is 37.8. The van der Waals surface area contributed by atoms with Crippen LogP contribution >= 0.6 is 0 Å². The third kappa shape index (κ3) is 10.9. The van der Waals surface area contributed by atoms with Crippen molar-refractivity contribution in [3.63, 3.8) is 0 Å². The van der Waals surface area contributed by atoms with Crippen molar-refractivity contribution in [1.82, 2.24) is 26.3 Å². The molecule has 20 nitrogen and oxygen atoms in total. The highest BCUT2D eigenvalue weighted by molar-refractivity contribution is 5.96. The smallest absolute Gasteiger partial charge is 0.349 e. The van der Waals surface area contributed by atoms with E-state index in [1.54, 1.807) is 52.0 Å². The number of aliphatic hydroxyl groups excluding tert-OH is 1. The van der Waals surface area contributed by atoms with Crippen LogP contribution in [0.25, 0.3) is 0 Å². The second-order valence-electron chi connectivity index (χ2n) is 12.4. The van der Waals surface area contributed by atoms with Crippen LogP contribution in [0.5, 0.6) is 5.75 Å². The van der Waals surface area contributed by atoms with Gasteiger partial charge >= 0.3 is 17.8 Å². The minimum absolute atomic E-state index is 0.00195. The van der Waals surface area contributed by atoms with Crippen LogP contribution in [0, 0.1) is 0 Å². The normalized spacial score (nSPS) is 16.5. The van der Waals surface area contributed by atoms with Gasteiger partial charge in [-0.05, 0) is 64.8 Å². The number of amides is 3. The van der Waals surface area contributed by atoms with Gasteiger partial charge in [0.1, 0.15) is 24.4 Å². The number of nitrogens with zero attached hydrogens (tertiary/aromatic N) is 3. The second kappa shape index (κ2) is 18.0. The van der Waals surface area contributed by atoms with E-state index < -0.39 is 78.4 Å². The molecule has 0 aliphatic carbocycles. The summed E-state index contributed by atoms with van der Waals surface area (Å²) in [5.41, 5.74) is 9.39.